The van der Waals surface area contributed by atoms with Gasteiger partial charge < -0.3 is 10.0 Å². The average Bonchev–Trinajstić information content (AvgIpc) is 2.88. The van der Waals surface area contributed by atoms with E-state index in [0.29, 0.717) is 11.3 Å². The van der Waals surface area contributed by atoms with Crippen molar-refractivity contribution in [2.24, 2.45) is 0 Å². The minimum Gasteiger partial charge on any atom is -0.395 e. The van der Waals surface area contributed by atoms with Crippen LogP contribution in [0.2, 0.25) is 0 Å². The first-order chi connectivity index (χ1) is 12.4. The summed E-state index contributed by atoms with van der Waals surface area (Å²) in [6.45, 7) is 1.99. The molecule has 1 heterocycles. The van der Waals surface area contributed by atoms with Crippen molar-refractivity contribution in [2.75, 3.05) is 25.1 Å². The third kappa shape index (κ3) is 3.11. The second kappa shape index (κ2) is 7.09. The normalized spacial score (nSPS) is 14.4. The van der Waals surface area contributed by atoms with Crippen molar-refractivity contribution in [3.63, 3.8) is 0 Å². The van der Waals surface area contributed by atoms with E-state index in [1.807, 2.05) is 19.1 Å². The van der Waals surface area contributed by atoms with Crippen LogP contribution in [0.3, 0.4) is 0 Å². The number of carbonyl (C=O) groups excluding carboxylic acids is 2. The minimum absolute atomic E-state index is 0.154. The van der Waals surface area contributed by atoms with Gasteiger partial charge in [0.05, 0.1) is 17.9 Å². The maximum atomic E-state index is 13.2. The number of likely N-dealkylation sites (N-methyl/N-ethyl adjacent to an activating group) is 1. The van der Waals surface area contributed by atoms with Crippen LogP contribution in [0.1, 0.15) is 11.1 Å². The number of amides is 2. The van der Waals surface area contributed by atoms with Crippen LogP contribution in [0.15, 0.2) is 54.2 Å². The Morgan fingerprint density at radius 1 is 1.00 bits per heavy atom. The Labute approximate surface area is 151 Å². The monoisotopic (exact) mass is 354 g/mol. The van der Waals surface area contributed by atoms with Gasteiger partial charge in [-0.1, -0.05) is 29.8 Å². The van der Waals surface area contributed by atoms with Crippen LogP contribution >= 0.6 is 0 Å². The number of nitrogens with zero attached hydrogens (tertiary/aromatic N) is 2. The van der Waals surface area contributed by atoms with Gasteiger partial charge in [-0.3, -0.25) is 9.59 Å². The van der Waals surface area contributed by atoms with Crippen LogP contribution in [-0.2, 0) is 9.59 Å². The lowest BCUT2D eigenvalue weighted by atomic mass is 10.0. The van der Waals surface area contributed by atoms with Crippen molar-refractivity contribution in [3.8, 4) is 0 Å². The van der Waals surface area contributed by atoms with Gasteiger partial charge >= 0.3 is 0 Å². The Kier molecular flexibility index (Phi) is 4.86. The number of imide groups is 1. The number of aliphatic hydroxyl groups excluding tert-OH is 1. The first kappa shape index (κ1) is 17.8. The molecule has 0 aromatic heterocycles. The summed E-state index contributed by atoms with van der Waals surface area (Å²) in [4.78, 5) is 28.7. The second-order valence-electron chi connectivity index (χ2n) is 6.16. The number of hydrogen-bond acceptors (Lipinski definition) is 4. The van der Waals surface area contributed by atoms with E-state index in [0.717, 1.165) is 10.5 Å². The molecule has 2 aromatic carbocycles. The first-order valence-corrected chi connectivity index (χ1v) is 8.21. The second-order valence-corrected chi connectivity index (χ2v) is 6.16. The Morgan fingerprint density at radius 2 is 1.62 bits per heavy atom. The SMILES string of the molecule is Cc1ccc(C2=C(N(C)CCO)C(=O)N(c3ccc(F)cc3)C2=O)cc1. The van der Waals surface area contributed by atoms with Crippen molar-refractivity contribution in [3.05, 3.63) is 71.2 Å². The Balaban J connectivity index is 2.11. The molecule has 0 fully saturated rings. The Bertz CT molecular complexity index is 873. The van der Waals surface area contributed by atoms with E-state index >= 15 is 0 Å². The van der Waals surface area contributed by atoms with Crippen molar-refractivity contribution in [2.45, 2.75) is 6.92 Å². The number of hydrogen-bond donors (Lipinski definition) is 1. The predicted octanol–water partition coefficient (Wildman–Crippen LogP) is 2.34. The smallest absolute Gasteiger partial charge is 0.282 e. The summed E-state index contributed by atoms with van der Waals surface area (Å²) >= 11 is 0. The van der Waals surface area contributed by atoms with Crippen molar-refractivity contribution in [1.82, 2.24) is 4.90 Å². The quantitative estimate of drug-likeness (QED) is 0.838. The van der Waals surface area contributed by atoms with Gasteiger partial charge in [0.15, 0.2) is 0 Å². The van der Waals surface area contributed by atoms with E-state index in [4.69, 9.17) is 0 Å². The fraction of sp³-hybridized carbons (Fsp3) is 0.200. The molecule has 0 bridgehead atoms. The Morgan fingerprint density at radius 3 is 2.19 bits per heavy atom. The van der Waals surface area contributed by atoms with Gasteiger partial charge in [-0.25, -0.2) is 9.29 Å². The van der Waals surface area contributed by atoms with Gasteiger partial charge in [0.25, 0.3) is 11.8 Å². The summed E-state index contributed by atoms with van der Waals surface area (Å²) in [6.07, 6.45) is 0. The lowest BCUT2D eigenvalue weighted by molar-refractivity contribution is -0.120. The highest BCUT2D eigenvalue weighted by Gasteiger charge is 2.41. The van der Waals surface area contributed by atoms with Crippen LogP contribution in [-0.4, -0.2) is 42.0 Å². The number of halogens is 1. The van der Waals surface area contributed by atoms with Crippen LogP contribution in [0.4, 0.5) is 10.1 Å². The molecule has 1 aliphatic heterocycles. The number of carbonyl (C=O) groups is 2. The number of benzene rings is 2. The highest BCUT2D eigenvalue weighted by molar-refractivity contribution is 6.45. The molecule has 5 nitrogen and oxygen atoms in total. The molecule has 0 saturated carbocycles. The lowest BCUT2D eigenvalue weighted by Gasteiger charge is -2.20. The van der Waals surface area contributed by atoms with Gasteiger partial charge in [0.2, 0.25) is 0 Å². The Hall–Kier alpha value is -2.99. The lowest BCUT2D eigenvalue weighted by Crippen LogP contribution is -2.34. The highest BCUT2D eigenvalue weighted by atomic mass is 19.1. The third-order valence-corrected chi connectivity index (χ3v) is 4.30. The standard InChI is InChI=1S/C20H19FN2O3/c1-13-3-5-14(6-4-13)17-18(22(2)11-12-24)20(26)23(19(17)25)16-9-7-15(21)8-10-16/h3-10,24H,11-12H2,1-2H3. The molecule has 134 valence electrons. The molecule has 2 aromatic rings. The van der Waals surface area contributed by atoms with E-state index in [2.05, 4.69) is 0 Å². The molecule has 0 saturated heterocycles. The molecule has 0 atom stereocenters. The molecule has 0 aliphatic carbocycles. The van der Waals surface area contributed by atoms with Crippen LogP contribution in [0.25, 0.3) is 5.57 Å². The van der Waals surface area contributed by atoms with Crippen LogP contribution in [0.5, 0.6) is 0 Å². The molecular formula is C20H19FN2O3. The number of rotatable bonds is 5. The van der Waals surface area contributed by atoms with E-state index in [9.17, 15) is 19.1 Å². The topological polar surface area (TPSA) is 60.9 Å². The van der Waals surface area contributed by atoms with Gasteiger partial charge in [-0.2, -0.15) is 0 Å². The molecule has 0 spiro atoms. The van der Waals surface area contributed by atoms with E-state index in [1.165, 1.54) is 24.3 Å². The van der Waals surface area contributed by atoms with Gasteiger partial charge in [-0.05, 0) is 36.8 Å². The zero-order chi connectivity index (χ0) is 18.8. The summed E-state index contributed by atoms with van der Waals surface area (Å²) in [5.74, 6) is -1.41. The fourth-order valence-electron chi connectivity index (χ4n) is 2.94. The first-order valence-electron chi connectivity index (χ1n) is 8.21. The minimum atomic E-state index is -0.492. The molecule has 2 amide bonds. The largest absolute Gasteiger partial charge is 0.395 e. The highest BCUT2D eigenvalue weighted by Crippen LogP contribution is 2.34. The maximum Gasteiger partial charge on any atom is 0.282 e. The summed E-state index contributed by atoms with van der Waals surface area (Å²) in [7, 11) is 1.65. The van der Waals surface area contributed by atoms with Crippen molar-refractivity contribution in [1.29, 1.82) is 0 Å². The van der Waals surface area contributed by atoms with Crippen LogP contribution in [0, 0.1) is 12.7 Å². The van der Waals surface area contributed by atoms with Gasteiger partial charge in [0.1, 0.15) is 11.5 Å². The van der Waals surface area contributed by atoms with Gasteiger partial charge in [0, 0.05) is 13.6 Å². The zero-order valence-electron chi connectivity index (χ0n) is 14.6. The number of aryl methyl sites for hydroxylation is 1. The number of aliphatic hydroxyl groups is 1. The molecule has 0 unspecified atom stereocenters. The molecule has 6 heteroatoms. The fourth-order valence-corrected chi connectivity index (χ4v) is 2.94. The molecular weight excluding hydrogens is 335 g/mol. The zero-order valence-corrected chi connectivity index (χ0v) is 14.6. The van der Waals surface area contributed by atoms with Crippen molar-refractivity contribution < 1.29 is 19.1 Å². The van der Waals surface area contributed by atoms with E-state index in [1.54, 1.807) is 24.1 Å². The maximum absolute atomic E-state index is 13.2. The molecule has 0 radical (unpaired) electrons. The summed E-state index contributed by atoms with van der Waals surface area (Å²) < 4.78 is 13.2. The summed E-state index contributed by atoms with van der Waals surface area (Å²) in [5.41, 5.74) is 2.45. The molecule has 26 heavy (non-hydrogen) atoms. The van der Waals surface area contributed by atoms with Gasteiger partial charge in [-0.15, -0.1) is 0 Å². The summed E-state index contributed by atoms with van der Waals surface area (Å²) in [5, 5.41) is 9.24. The molecule has 3 rings (SSSR count). The van der Waals surface area contributed by atoms with E-state index < -0.39 is 17.6 Å². The number of anilines is 1. The summed E-state index contributed by atoms with van der Waals surface area (Å²) in [6, 6.07) is 12.5. The van der Waals surface area contributed by atoms with E-state index in [-0.39, 0.29) is 24.4 Å². The van der Waals surface area contributed by atoms with Crippen molar-refractivity contribution >= 4 is 23.1 Å². The predicted molar refractivity (Wildman–Crippen MR) is 96.7 cm³/mol. The van der Waals surface area contributed by atoms with Crippen LogP contribution < -0.4 is 4.90 Å². The average molecular weight is 354 g/mol. The molecule has 1 aliphatic rings. The molecule has 1 N–H and O–H groups in total. The third-order valence-electron chi connectivity index (χ3n) is 4.30.